The van der Waals surface area contributed by atoms with Crippen LogP contribution in [0.25, 0.3) is 0 Å². The summed E-state index contributed by atoms with van der Waals surface area (Å²) in [6, 6.07) is 14.9. The first-order chi connectivity index (χ1) is 8.65. The van der Waals surface area contributed by atoms with Crippen LogP contribution in [-0.2, 0) is 12.8 Å². The maximum Gasteiger partial charge on any atom is 0.124 e. The van der Waals surface area contributed by atoms with Crippen LogP contribution >= 0.6 is 15.9 Å². The largest absolute Gasteiger partial charge is 0.327 e. The summed E-state index contributed by atoms with van der Waals surface area (Å²) in [6.07, 6.45) is 1.56. The van der Waals surface area contributed by atoms with Gasteiger partial charge in [-0.2, -0.15) is 0 Å². The second kappa shape index (κ2) is 6.12. The van der Waals surface area contributed by atoms with Gasteiger partial charge in [-0.05, 0) is 36.1 Å². The van der Waals surface area contributed by atoms with Gasteiger partial charge in [0.15, 0.2) is 0 Å². The summed E-state index contributed by atoms with van der Waals surface area (Å²) >= 11 is 3.37. The van der Waals surface area contributed by atoms with E-state index in [1.165, 1.54) is 17.7 Å². The molecule has 0 fully saturated rings. The molecule has 3 heteroatoms. The van der Waals surface area contributed by atoms with Crippen LogP contribution in [0.15, 0.2) is 53.0 Å². The molecule has 2 rings (SSSR count). The normalized spacial score (nSPS) is 12.4. The Labute approximate surface area is 115 Å². The molecular weight excluding hydrogens is 293 g/mol. The third kappa shape index (κ3) is 3.65. The summed E-state index contributed by atoms with van der Waals surface area (Å²) in [5.74, 6) is -0.234. The molecule has 1 nitrogen and oxygen atoms in total. The summed E-state index contributed by atoms with van der Waals surface area (Å²) in [4.78, 5) is 0. The minimum atomic E-state index is -0.234. The monoisotopic (exact) mass is 307 g/mol. The summed E-state index contributed by atoms with van der Waals surface area (Å²) in [5, 5.41) is 0. The Morgan fingerprint density at radius 3 is 2.44 bits per heavy atom. The summed E-state index contributed by atoms with van der Waals surface area (Å²) in [6.45, 7) is 0. The first kappa shape index (κ1) is 13.2. The lowest BCUT2D eigenvalue weighted by Gasteiger charge is -2.13. The van der Waals surface area contributed by atoms with Gasteiger partial charge in [0, 0.05) is 10.5 Å². The van der Waals surface area contributed by atoms with Crippen LogP contribution < -0.4 is 5.73 Å². The SMILES string of the molecule is NC(Cc1ccccc1)Cc1ccc(F)cc1Br. The maximum atomic E-state index is 13.0. The number of halogens is 2. The molecule has 18 heavy (non-hydrogen) atoms. The molecule has 2 aromatic rings. The molecule has 2 N–H and O–H groups in total. The number of benzene rings is 2. The van der Waals surface area contributed by atoms with Crippen LogP contribution in [0, 0.1) is 5.82 Å². The van der Waals surface area contributed by atoms with Crippen LogP contribution in [0.3, 0.4) is 0 Å². The van der Waals surface area contributed by atoms with Crippen molar-refractivity contribution in [3.63, 3.8) is 0 Å². The fourth-order valence-electron chi connectivity index (χ4n) is 1.96. The highest BCUT2D eigenvalue weighted by atomic mass is 79.9. The Hall–Kier alpha value is -1.19. The van der Waals surface area contributed by atoms with Crippen molar-refractivity contribution in [2.75, 3.05) is 0 Å². The first-order valence-corrected chi connectivity index (χ1v) is 6.68. The van der Waals surface area contributed by atoms with Gasteiger partial charge in [0.1, 0.15) is 5.82 Å². The van der Waals surface area contributed by atoms with Crippen molar-refractivity contribution in [1.82, 2.24) is 0 Å². The topological polar surface area (TPSA) is 26.0 Å². The zero-order chi connectivity index (χ0) is 13.0. The molecule has 0 aromatic heterocycles. The van der Waals surface area contributed by atoms with E-state index in [-0.39, 0.29) is 11.9 Å². The molecule has 0 saturated heterocycles. The Kier molecular flexibility index (Phi) is 4.50. The van der Waals surface area contributed by atoms with Crippen LogP contribution in [-0.4, -0.2) is 6.04 Å². The fourth-order valence-corrected chi connectivity index (χ4v) is 2.47. The molecule has 0 spiro atoms. The van der Waals surface area contributed by atoms with Gasteiger partial charge in [-0.3, -0.25) is 0 Å². The molecule has 94 valence electrons. The molecule has 1 atom stereocenters. The molecule has 0 aliphatic carbocycles. The lowest BCUT2D eigenvalue weighted by Crippen LogP contribution is -2.25. The predicted molar refractivity (Wildman–Crippen MR) is 75.9 cm³/mol. The Balaban J connectivity index is 2.01. The van der Waals surface area contributed by atoms with Crippen molar-refractivity contribution in [2.24, 2.45) is 5.73 Å². The van der Waals surface area contributed by atoms with Crippen molar-refractivity contribution in [3.8, 4) is 0 Å². The highest BCUT2D eigenvalue weighted by Crippen LogP contribution is 2.20. The van der Waals surface area contributed by atoms with Crippen LogP contribution in [0.5, 0.6) is 0 Å². The van der Waals surface area contributed by atoms with Crippen molar-refractivity contribution in [1.29, 1.82) is 0 Å². The quantitative estimate of drug-likeness (QED) is 0.915. The predicted octanol–water partition coefficient (Wildman–Crippen LogP) is 3.70. The van der Waals surface area contributed by atoms with E-state index in [0.717, 1.165) is 22.9 Å². The van der Waals surface area contributed by atoms with Gasteiger partial charge in [-0.25, -0.2) is 4.39 Å². The lowest BCUT2D eigenvalue weighted by atomic mass is 10.00. The lowest BCUT2D eigenvalue weighted by molar-refractivity contribution is 0.622. The third-order valence-corrected chi connectivity index (χ3v) is 3.58. The molecular formula is C15H15BrFN. The van der Waals surface area contributed by atoms with Crippen LogP contribution in [0.2, 0.25) is 0 Å². The second-order valence-corrected chi connectivity index (χ2v) is 5.24. The smallest absolute Gasteiger partial charge is 0.124 e. The summed E-state index contributed by atoms with van der Waals surface area (Å²) < 4.78 is 13.8. The van der Waals surface area contributed by atoms with Gasteiger partial charge >= 0.3 is 0 Å². The second-order valence-electron chi connectivity index (χ2n) is 4.39. The first-order valence-electron chi connectivity index (χ1n) is 5.88. The molecule has 1 unspecified atom stereocenters. The average Bonchev–Trinajstić information content (AvgIpc) is 2.34. The van der Waals surface area contributed by atoms with Crippen molar-refractivity contribution < 1.29 is 4.39 Å². The van der Waals surface area contributed by atoms with E-state index in [1.807, 2.05) is 18.2 Å². The molecule has 0 saturated carbocycles. The fraction of sp³-hybridized carbons (Fsp3) is 0.200. The van der Waals surface area contributed by atoms with Gasteiger partial charge < -0.3 is 5.73 Å². The summed E-state index contributed by atoms with van der Waals surface area (Å²) in [7, 11) is 0. The molecule has 0 radical (unpaired) electrons. The van der Waals surface area contributed by atoms with E-state index in [9.17, 15) is 4.39 Å². The highest BCUT2D eigenvalue weighted by molar-refractivity contribution is 9.10. The maximum absolute atomic E-state index is 13.0. The minimum Gasteiger partial charge on any atom is -0.327 e. The number of rotatable bonds is 4. The molecule has 2 aromatic carbocycles. The van der Waals surface area contributed by atoms with E-state index in [1.54, 1.807) is 6.07 Å². The molecule has 0 bridgehead atoms. The Morgan fingerprint density at radius 2 is 1.78 bits per heavy atom. The Morgan fingerprint density at radius 1 is 1.06 bits per heavy atom. The average molecular weight is 308 g/mol. The van der Waals surface area contributed by atoms with E-state index < -0.39 is 0 Å². The van der Waals surface area contributed by atoms with E-state index in [0.29, 0.717) is 0 Å². The van der Waals surface area contributed by atoms with Gasteiger partial charge in [0.25, 0.3) is 0 Å². The van der Waals surface area contributed by atoms with Crippen molar-refractivity contribution >= 4 is 15.9 Å². The van der Waals surface area contributed by atoms with Gasteiger partial charge in [0.2, 0.25) is 0 Å². The Bertz CT molecular complexity index is 513. The molecule has 0 amide bonds. The molecule has 0 heterocycles. The standard InChI is InChI=1S/C15H15BrFN/c16-15-10-13(17)7-6-12(15)9-14(18)8-11-4-2-1-3-5-11/h1-7,10,14H,8-9,18H2. The third-order valence-electron chi connectivity index (χ3n) is 2.84. The number of hydrogen-bond donors (Lipinski definition) is 1. The van der Waals surface area contributed by atoms with Gasteiger partial charge in [0.05, 0.1) is 0 Å². The van der Waals surface area contributed by atoms with E-state index in [2.05, 4.69) is 28.1 Å². The summed E-state index contributed by atoms with van der Waals surface area (Å²) in [5.41, 5.74) is 8.40. The van der Waals surface area contributed by atoms with Gasteiger partial charge in [-0.1, -0.05) is 52.3 Å². The highest BCUT2D eigenvalue weighted by Gasteiger charge is 2.08. The zero-order valence-electron chi connectivity index (χ0n) is 9.94. The number of hydrogen-bond acceptors (Lipinski definition) is 1. The van der Waals surface area contributed by atoms with Gasteiger partial charge in [-0.15, -0.1) is 0 Å². The molecule has 0 aliphatic rings. The van der Waals surface area contributed by atoms with Crippen LogP contribution in [0.4, 0.5) is 4.39 Å². The molecule has 0 aliphatic heterocycles. The van der Waals surface area contributed by atoms with E-state index in [4.69, 9.17) is 5.73 Å². The number of nitrogens with two attached hydrogens (primary N) is 1. The van der Waals surface area contributed by atoms with Crippen LogP contribution in [0.1, 0.15) is 11.1 Å². The zero-order valence-corrected chi connectivity index (χ0v) is 11.5. The van der Waals surface area contributed by atoms with E-state index >= 15 is 0 Å². The van der Waals surface area contributed by atoms with Crippen molar-refractivity contribution in [3.05, 3.63) is 69.9 Å². The minimum absolute atomic E-state index is 0.0363. The van der Waals surface area contributed by atoms with Crippen molar-refractivity contribution in [2.45, 2.75) is 18.9 Å².